The van der Waals surface area contributed by atoms with E-state index in [1.54, 1.807) is 12.1 Å². The first-order valence-electron chi connectivity index (χ1n) is 5.21. The highest BCUT2D eigenvalue weighted by molar-refractivity contribution is 6.03. The molecule has 7 heteroatoms. The van der Waals surface area contributed by atoms with E-state index < -0.39 is 0 Å². The lowest BCUT2D eigenvalue weighted by atomic mass is 10.2. The molecule has 0 fully saturated rings. The Morgan fingerprint density at radius 3 is 2.89 bits per heavy atom. The van der Waals surface area contributed by atoms with Crippen LogP contribution in [0.3, 0.4) is 0 Å². The summed E-state index contributed by atoms with van der Waals surface area (Å²) in [6.45, 7) is 0.262. The van der Waals surface area contributed by atoms with Crippen LogP contribution in [0.1, 0.15) is 16.1 Å². The molecule has 1 amide bonds. The van der Waals surface area contributed by atoms with Gasteiger partial charge in [0.1, 0.15) is 0 Å². The maximum Gasteiger partial charge on any atom is 0.264 e. The number of nitrogens with zero attached hydrogens (tertiary/aromatic N) is 2. The van der Waals surface area contributed by atoms with E-state index in [1.165, 1.54) is 18.3 Å². The van der Waals surface area contributed by atoms with Gasteiger partial charge in [0.2, 0.25) is 0 Å². The van der Waals surface area contributed by atoms with E-state index in [2.05, 4.69) is 20.5 Å². The summed E-state index contributed by atoms with van der Waals surface area (Å²) in [7, 11) is 0. The van der Waals surface area contributed by atoms with Crippen molar-refractivity contribution < 1.29 is 4.79 Å². The van der Waals surface area contributed by atoms with Crippen molar-refractivity contribution in [3.8, 4) is 0 Å². The molecular weight excluding hydrogens is 234 g/mol. The van der Waals surface area contributed by atoms with Crippen LogP contribution in [0.4, 0.5) is 5.82 Å². The molecule has 92 valence electrons. The number of H-pyrrole nitrogens is 1. The number of hydrogen-bond donors (Lipinski definition) is 3. The molecule has 0 aromatic carbocycles. The smallest absolute Gasteiger partial charge is 0.264 e. The van der Waals surface area contributed by atoms with Gasteiger partial charge in [-0.3, -0.25) is 14.6 Å². The van der Waals surface area contributed by atoms with Crippen molar-refractivity contribution >= 4 is 11.7 Å². The molecular formula is C11H11N5O2. The van der Waals surface area contributed by atoms with Crippen LogP contribution in [-0.2, 0) is 6.54 Å². The first kappa shape index (κ1) is 11.9. The fraction of sp³-hybridized carbons (Fsp3) is 0.0909. The second-order valence-electron chi connectivity index (χ2n) is 3.50. The van der Waals surface area contributed by atoms with Crippen molar-refractivity contribution in [2.24, 2.45) is 5.73 Å². The molecule has 0 saturated heterocycles. The number of nitrogens with one attached hydrogen (secondary N) is 2. The monoisotopic (exact) mass is 245 g/mol. The van der Waals surface area contributed by atoms with Crippen LogP contribution in [0, 0.1) is 0 Å². The Bertz CT molecular complexity index is 602. The molecule has 2 heterocycles. The normalized spacial score (nSPS) is 10.1. The fourth-order valence-electron chi connectivity index (χ4n) is 1.33. The summed E-state index contributed by atoms with van der Waals surface area (Å²) >= 11 is 0. The largest absolute Gasteiger partial charge is 0.325 e. The number of carbonyl (C=O) groups excluding carboxylic acids is 1. The van der Waals surface area contributed by atoms with Gasteiger partial charge in [0.05, 0.1) is 5.69 Å². The molecule has 18 heavy (non-hydrogen) atoms. The first-order valence-corrected chi connectivity index (χ1v) is 5.21. The van der Waals surface area contributed by atoms with E-state index in [4.69, 9.17) is 5.73 Å². The number of carbonyl (C=O) groups is 1. The van der Waals surface area contributed by atoms with Gasteiger partial charge in [-0.1, -0.05) is 0 Å². The Hall–Kier alpha value is -2.54. The average molecular weight is 245 g/mol. The van der Waals surface area contributed by atoms with E-state index in [0.29, 0.717) is 11.3 Å². The molecule has 0 spiro atoms. The lowest BCUT2D eigenvalue weighted by Gasteiger charge is -2.04. The summed E-state index contributed by atoms with van der Waals surface area (Å²) in [5, 5.41) is 8.45. The van der Waals surface area contributed by atoms with E-state index in [-0.39, 0.29) is 23.8 Å². The van der Waals surface area contributed by atoms with Gasteiger partial charge in [-0.05, 0) is 18.2 Å². The van der Waals surface area contributed by atoms with Crippen molar-refractivity contribution in [2.45, 2.75) is 6.54 Å². The van der Waals surface area contributed by atoms with Crippen molar-refractivity contribution in [1.82, 2.24) is 15.2 Å². The Labute approximate surface area is 102 Å². The first-order chi connectivity index (χ1) is 8.69. The minimum Gasteiger partial charge on any atom is -0.325 e. The van der Waals surface area contributed by atoms with Crippen LogP contribution in [0.15, 0.2) is 35.3 Å². The van der Waals surface area contributed by atoms with Gasteiger partial charge in [0, 0.05) is 24.4 Å². The highest BCUT2D eigenvalue weighted by Gasteiger charge is 2.07. The van der Waals surface area contributed by atoms with Gasteiger partial charge in [-0.15, -0.1) is 0 Å². The molecule has 2 aromatic rings. The zero-order valence-electron chi connectivity index (χ0n) is 9.38. The second kappa shape index (κ2) is 5.19. The van der Waals surface area contributed by atoms with Gasteiger partial charge in [-0.25, -0.2) is 5.10 Å². The molecule has 2 aromatic heterocycles. The zero-order chi connectivity index (χ0) is 13.0. The van der Waals surface area contributed by atoms with Crippen molar-refractivity contribution in [1.29, 1.82) is 0 Å². The predicted octanol–water partition coefficient (Wildman–Crippen LogP) is -0.124. The molecule has 0 aliphatic carbocycles. The van der Waals surface area contributed by atoms with Crippen LogP contribution in [0.25, 0.3) is 0 Å². The molecule has 4 N–H and O–H groups in total. The predicted molar refractivity (Wildman–Crippen MR) is 64.9 cm³/mol. The quantitative estimate of drug-likeness (QED) is 0.697. The number of aromatic amines is 1. The fourth-order valence-corrected chi connectivity index (χ4v) is 1.33. The molecule has 0 aliphatic rings. The van der Waals surface area contributed by atoms with Crippen LogP contribution < -0.4 is 16.6 Å². The van der Waals surface area contributed by atoms with E-state index in [0.717, 1.165) is 0 Å². The summed E-state index contributed by atoms with van der Waals surface area (Å²) in [6, 6.07) is 5.86. The summed E-state index contributed by atoms with van der Waals surface area (Å²) in [6.07, 6.45) is 1.51. The minimum absolute atomic E-state index is 0.262. The van der Waals surface area contributed by atoms with Crippen LogP contribution in [0.2, 0.25) is 0 Å². The summed E-state index contributed by atoms with van der Waals surface area (Å²) in [4.78, 5) is 26.7. The number of pyridine rings is 1. The SMILES string of the molecule is NCc1cc(C(=O)Nc2ccc(=O)[nH]n2)ccn1. The molecule has 0 saturated carbocycles. The van der Waals surface area contributed by atoms with Gasteiger partial charge in [-0.2, -0.15) is 5.10 Å². The van der Waals surface area contributed by atoms with E-state index >= 15 is 0 Å². The van der Waals surface area contributed by atoms with Crippen LogP contribution in [0.5, 0.6) is 0 Å². The lowest BCUT2D eigenvalue weighted by molar-refractivity contribution is 0.102. The van der Waals surface area contributed by atoms with Crippen molar-refractivity contribution in [2.75, 3.05) is 5.32 Å². The molecule has 0 atom stereocenters. The summed E-state index contributed by atoms with van der Waals surface area (Å²) in [5.41, 5.74) is 6.16. The topological polar surface area (TPSA) is 114 Å². The highest BCUT2D eigenvalue weighted by atomic mass is 16.2. The van der Waals surface area contributed by atoms with Gasteiger partial charge >= 0.3 is 0 Å². The standard InChI is InChI=1S/C11H11N5O2/c12-6-8-5-7(3-4-13-8)11(18)14-9-1-2-10(17)16-15-9/h1-5H,6,12H2,(H,16,17)(H,14,15,18). The third-order valence-electron chi connectivity index (χ3n) is 2.21. The molecule has 0 bridgehead atoms. The van der Waals surface area contributed by atoms with Gasteiger partial charge in [0.25, 0.3) is 11.5 Å². The number of nitrogens with two attached hydrogens (primary N) is 1. The van der Waals surface area contributed by atoms with E-state index in [9.17, 15) is 9.59 Å². The molecule has 7 nitrogen and oxygen atoms in total. The third-order valence-corrected chi connectivity index (χ3v) is 2.21. The van der Waals surface area contributed by atoms with Gasteiger partial charge in [0.15, 0.2) is 5.82 Å². The molecule has 0 unspecified atom stereocenters. The third kappa shape index (κ3) is 2.77. The maximum atomic E-state index is 11.9. The molecule has 0 aliphatic heterocycles. The number of rotatable bonds is 3. The number of hydrogen-bond acceptors (Lipinski definition) is 5. The van der Waals surface area contributed by atoms with E-state index in [1.807, 2.05) is 0 Å². The average Bonchev–Trinajstić information content (AvgIpc) is 2.41. The maximum absolute atomic E-state index is 11.9. The minimum atomic E-state index is -0.341. The molecule has 2 rings (SSSR count). The van der Waals surface area contributed by atoms with Crippen LogP contribution in [-0.4, -0.2) is 21.1 Å². The Balaban J connectivity index is 2.16. The van der Waals surface area contributed by atoms with Crippen molar-refractivity contribution in [3.05, 3.63) is 52.1 Å². The van der Waals surface area contributed by atoms with Crippen LogP contribution >= 0.6 is 0 Å². The summed E-state index contributed by atoms with van der Waals surface area (Å²) < 4.78 is 0. The Morgan fingerprint density at radius 1 is 1.39 bits per heavy atom. The number of amides is 1. The second-order valence-corrected chi connectivity index (χ2v) is 3.50. The number of aromatic nitrogens is 3. The lowest BCUT2D eigenvalue weighted by Crippen LogP contribution is -2.16. The Kier molecular flexibility index (Phi) is 3.44. The zero-order valence-corrected chi connectivity index (χ0v) is 9.38. The van der Waals surface area contributed by atoms with Crippen molar-refractivity contribution in [3.63, 3.8) is 0 Å². The number of anilines is 1. The highest BCUT2D eigenvalue weighted by Crippen LogP contribution is 2.05. The molecule has 0 radical (unpaired) electrons. The Morgan fingerprint density at radius 2 is 2.22 bits per heavy atom. The van der Waals surface area contributed by atoms with Gasteiger partial charge < -0.3 is 11.1 Å². The summed E-state index contributed by atoms with van der Waals surface area (Å²) in [5.74, 6) is -0.0719.